The Morgan fingerprint density at radius 2 is 1.90 bits per heavy atom. The zero-order valence-electron chi connectivity index (χ0n) is 21.6. The molecule has 0 unspecified atom stereocenters. The van der Waals surface area contributed by atoms with Gasteiger partial charge in [-0.3, -0.25) is 9.52 Å². The largest absolute Gasteiger partial charge is 0.497 e. The van der Waals surface area contributed by atoms with Gasteiger partial charge in [-0.15, -0.1) is 0 Å². The minimum atomic E-state index is -3.85. The van der Waals surface area contributed by atoms with E-state index in [1.165, 1.54) is 19.2 Å². The Bertz CT molecular complexity index is 1410. The molecule has 3 aromatic carbocycles. The average Bonchev–Trinajstić information content (AvgIpc) is 3.31. The second-order valence-electron chi connectivity index (χ2n) is 9.73. The predicted octanol–water partition coefficient (Wildman–Crippen LogP) is 3.24. The highest BCUT2D eigenvalue weighted by Crippen LogP contribution is 2.47. The van der Waals surface area contributed by atoms with Gasteiger partial charge in [0.2, 0.25) is 5.91 Å². The lowest BCUT2D eigenvalue weighted by Crippen LogP contribution is -2.47. The van der Waals surface area contributed by atoms with Gasteiger partial charge in [-0.05, 0) is 48.7 Å². The SMILES string of the molecule is COc1cccc(S(=O)(=O)Nc2ccc3c(c2)[C@H]2C[C@@H](CC(=O)NCCc4ccccc4)O[C@H](CO)[C@H]2O3)c1. The van der Waals surface area contributed by atoms with Gasteiger partial charge in [-0.1, -0.05) is 36.4 Å². The Labute approximate surface area is 228 Å². The van der Waals surface area contributed by atoms with Gasteiger partial charge in [0.1, 0.15) is 23.7 Å². The number of carbonyl (C=O) groups is 1. The monoisotopic (exact) mass is 552 g/mol. The third kappa shape index (κ3) is 6.19. The van der Waals surface area contributed by atoms with Crippen LogP contribution >= 0.6 is 0 Å². The number of sulfonamides is 1. The lowest BCUT2D eigenvalue weighted by molar-refractivity contribution is -0.142. The first-order chi connectivity index (χ1) is 18.9. The molecule has 0 aromatic heterocycles. The number of hydrogen-bond acceptors (Lipinski definition) is 7. The molecule has 3 N–H and O–H groups in total. The van der Waals surface area contributed by atoms with Gasteiger partial charge in [0.15, 0.2) is 0 Å². The molecule has 2 aliphatic heterocycles. The lowest BCUT2D eigenvalue weighted by Gasteiger charge is -2.37. The van der Waals surface area contributed by atoms with Gasteiger partial charge >= 0.3 is 0 Å². The van der Waals surface area contributed by atoms with Crippen LogP contribution in [0.25, 0.3) is 0 Å². The van der Waals surface area contributed by atoms with Gasteiger partial charge < -0.3 is 24.6 Å². The van der Waals surface area contributed by atoms with Gasteiger partial charge in [-0.25, -0.2) is 8.42 Å². The normalized spacial score (nSPS) is 21.8. The van der Waals surface area contributed by atoms with Crippen LogP contribution in [0.3, 0.4) is 0 Å². The first-order valence-corrected chi connectivity index (χ1v) is 14.4. The van der Waals surface area contributed by atoms with Crippen molar-refractivity contribution in [1.29, 1.82) is 0 Å². The summed E-state index contributed by atoms with van der Waals surface area (Å²) in [5, 5.41) is 13.0. The Kier molecular flexibility index (Phi) is 8.06. The van der Waals surface area contributed by atoms with Crippen LogP contribution in [0.1, 0.15) is 29.9 Å². The van der Waals surface area contributed by atoms with Crippen molar-refractivity contribution in [3.05, 3.63) is 83.9 Å². The Balaban J connectivity index is 1.26. The van der Waals surface area contributed by atoms with E-state index in [9.17, 15) is 18.3 Å². The number of ether oxygens (including phenoxy) is 3. The van der Waals surface area contributed by atoms with Crippen LogP contribution in [0.4, 0.5) is 5.69 Å². The van der Waals surface area contributed by atoms with E-state index in [0.29, 0.717) is 30.2 Å². The van der Waals surface area contributed by atoms with E-state index in [0.717, 1.165) is 17.5 Å². The number of carbonyl (C=O) groups excluding carboxylic acids is 1. The van der Waals surface area contributed by atoms with Gasteiger partial charge in [0.25, 0.3) is 10.0 Å². The summed E-state index contributed by atoms with van der Waals surface area (Å²) in [6, 6.07) is 21.3. The second kappa shape index (κ2) is 11.6. The molecule has 0 spiro atoms. The molecule has 39 heavy (non-hydrogen) atoms. The zero-order chi connectivity index (χ0) is 27.4. The number of fused-ring (bicyclic) bond motifs is 3. The quantitative estimate of drug-likeness (QED) is 0.353. The van der Waals surface area contributed by atoms with Gasteiger partial charge in [0.05, 0.1) is 31.1 Å². The molecule has 5 rings (SSSR count). The molecule has 1 fully saturated rings. The molecule has 9 nitrogen and oxygen atoms in total. The van der Waals surface area contributed by atoms with Crippen LogP contribution in [-0.4, -0.2) is 58.0 Å². The summed E-state index contributed by atoms with van der Waals surface area (Å²) in [6.45, 7) is 0.268. The number of aliphatic hydroxyl groups is 1. The number of anilines is 1. The molecule has 1 amide bonds. The van der Waals surface area contributed by atoms with Crippen LogP contribution in [0.15, 0.2) is 77.7 Å². The van der Waals surface area contributed by atoms with Crippen LogP contribution < -0.4 is 19.5 Å². The van der Waals surface area contributed by atoms with E-state index in [1.807, 2.05) is 30.3 Å². The number of aliphatic hydroxyl groups excluding tert-OH is 1. The van der Waals surface area contributed by atoms with E-state index >= 15 is 0 Å². The third-order valence-electron chi connectivity index (χ3n) is 7.09. The molecular formula is C29H32N2O7S. The summed E-state index contributed by atoms with van der Waals surface area (Å²) in [5.41, 5.74) is 2.36. The lowest BCUT2D eigenvalue weighted by atomic mass is 9.84. The summed E-state index contributed by atoms with van der Waals surface area (Å²) in [6.07, 6.45) is -0.0366. The van der Waals surface area contributed by atoms with Crippen LogP contribution in [-0.2, 0) is 26.0 Å². The van der Waals surface area contributed by atoms with E-state index < -0.39 is 28.3 Å². The number of nitrogens with one attached hydrogen (secondary N) is 2. The van der Waals surface area contributed by atoms with E-state index in [1.54, 1.807) is 30.3 Å². The number of benzene rings is 3. The van der Waals surface area contributed by atoms with Crippen molar-refractivity contribution < 1.29 is 32.5 Å². The zero-order valence-corrected chi connectivity index (χ0v) is 22.4. The Morgan fingerprint density at radius 3 is 2.67 bits per heavy atom. The predicted molar refractivity (Wildman–Crippen MR) is 146 cm³/mol. The molecule has 1 saturated heterocycles. The maximum Gasteiger partial charge on any atom is 0.262 e. The fourth-order valence-electron chi connectivity index (χ4n) is 5.20. The summed E-state index contributed by atoms with van der Waals surface area (Å²) >= 11 is 0. The molecule has 10 heteroatoms. The van der Waals surface area contributed by atoms with Crippen molar-refractivity contribution in [2.24, 2.45) is 0 Å². The van der Waals surface area contributed by atoms with Crippen molar-refractivity contribution in [3.63, 3.8) is 0 Å². The summed E-state index contributed by atoms with van der Waals surface area (Å²) < 4.78 is 45.9. The number of amides is 1. The summed E-state index contributed by atoms with van der Waals surface area (Å²) in [4.78, 5) is 12.7. The van der Waals surface area contributed by atoms with Crippen molar-refractivity contribution in [2.75, 3.05) is 25.0 Å². The third-order valence-corrected chi connectivity index (χ3v) is 8.47. The average molecular weight is 553 g/mol. The molecule has 2 heterocycles. The minimum Gasteiger partial charge on any atom is -0.497 e. The topological polar surface area (TPSA) is 123 Å². The molecule has 3 aromatic rings. The van der Waals surface area contributed by atoms with Gasteiger partial charge in [0, 0.05) is 29.8 Å². The Hall–Kier alpha value is -3.60. The molecule has 0 aliphatic carbocycles. The highest BCUT2D eigenvalue weighted by Gasteiger charge is 2.46. The smallest absolute Gasteiger partial charge is 0.262 e. The van der Waals surface area contributed by atoms with Crippen LogP contribution in [0.5, 0.6) is 11.5 Å². The first-order valence-electron chi connectivity index (χ1n) is 12.9. The van der Waals surface area contributed by atoms with Crippen LogP contribution in [0.2, 0.25) is 0 Å². The molecule has 0 saturated carbocycles. The fourth-order valence-corrected chi connectivity index (χ4v) is 6.29. The molecule has 0 bridgehead atoms. The standard InChI is InChI=1S/C29H32N2O7S/c1-36-21-8-5-9-23(15-21)39(34,35)31-20-10-11-26-24(14-20)25-16-22(37-27(18-32)29(25)38-26)17-28(33)30-13-12-19-6-3-2-4-7-19/h2-11,14-15,22,25,27,29,31-32H,12-13,16-18H2,1H3,(H,30,33)/t22-,25+,27+,29-/m0/s1. The maximum atomic E-state index is 13.0. The fraction of sp³-hybridized carbons (Fsp3) is 0.345. The highest BCUT2D eigenvalue weighted by atomic mass is 32.2. The van der Waals surface area contributed by atoms with Crippen molar-refractivity contribution >= 4 is 21.6 Å². The number of rotatable bonds is 10. The molecule has 4 atom stereocenters. The second-order valence-corrected chi connectivity index (χ2v) is 11.4. The van der Waals surface area contributed by atoms with Crippen molar-refractivity contribution in [1.82, 2.24) is 5.32 Å². The number of hydrogen-bond donors (Lipinski definition) is 3. The van der Waals surface area contributed by atoms with Crippen molar-refractivity contribution in [3.8, 4) is 11.5 Å². The maximum absolute atomic E-state index is 13.0. The summed E-state index contributed by atoms with van der Waals surface area (Å²) in [5.74, 6) is 0.777. The van der Waals surface area contributed by atoms with Crippen molar-refractivity contribution in [2.45, 2.75) is 48.4 Å². The summed E-state index contributed by atoms with van der Waals surface area (Å²) in [7, 11) is -2.37. The highest BCUT2D eigenvalue weighted by molar-refractivity contribution is 7.92. The van der Waals surface area contributed by atoms with E-state index in [4.69, 9.17) is 14.2 Å². The minimum absolute atomic E-state index is 0.0845. The number of methoxy groups -OCH3 is 1. The molecule has 0 radical (unpaired) electrons. The molecular weight excluding hydrogens is 520 g/mol. The first kappa shape index (κ1) is 27.0. The van der Waals surface area contributed by atoms with E-state index in [2.05, 4.69) is 10.0 Å². The van der Waals surface area contributed by atoms with Crippen LogP contribution in [0, 0.1) is 0 Å². The molecule has 2 aliphatic rings. The Morgan fingerprint density at radius 1 is 1.08 bits per heavy atom. The molecule has 206 valence electrons. The van der Waals surface area contributed by atoms with Gasteiger partial charge in [-0.2, -0.15) is 0 Å². The van der Waals surface area contributed by atoms with E-state index in [-0.39, 0.29) is 29.7 Å².